The number of nitrogens with one attached hydrogen (secondary N) is 2. The highest BCUT2D eigenvalue weighted by Crippen LogP contribution is 2.24. The molecule has 29 heavy (non-hydrogen) atoms. The van der Waals surface area contributed by atoms with Crippen LogP contribution in [0.15, 0.2) is 18.2 Å². The monoisotopic (exact) mass is 403 g/mol. The molecule has 4 amide bonds. The maximum absolute atomic E-state index is 12.5. The van der Waals surface area contributed by atoms with Crippen molar-refractivity contribution in [1.82, 2.24) is 15.5 Å². The summed E-state index contributed by atoms with van der Waals surface area (Å²) in [6.45, 7) is 8.44. The summed E-state index contributed by atoms with van der Waals surface area (Å²) in [5.41, 5.74) is 2.26. The summed E-state index contributed by atoms with van der Waals surface area (Å²) >= 11 is 0. The van der Waals surface area contributed by atoms with Crippen LogP contribution in [0, 0.1) is 13.8 Å². The lowest BCUT2D eigenvalue weighted by Gasteiger charge is -2.22. The van der Waals surface area contributed by atoms with Crippen LogP contribution in [0.1, 0.15) is 56.3 Å². The van der Waals surface area contributed by atoms with Crippen molar-refractivity contribution in [3.8, 4) is 0 Å². The van der Waals surface area contributed by atoms with Crippen molar-refractivity contribution in [3.05, 3.63) is 34.9 Å². The van der Waals surface area contributed by atoms with Crippen LogP contribution in [0.25, 0.3) is 0 Å². The van der Waals surface area contributed by atoms with E-state index in [9.17, 15) is 19.2 Å². The summed E-state index contributed by atoms with van der Waals surface area (Å²) < 4.78 is 4.95. The molecule has 2 rings (SSSR count). The number of carbonyl (C=O) groups excluding carboxylic acids is 4. The van der Waals surface area contributed by atoms with Crippen LogP contribution in [0.2, 0.25) is 0 Å². The molecule has 1 aliphatic rings. The molecule has 1 aromatic rings. The zero-order valence-corrected chi connectivity index (χ0v) is 17.6. The molecule has 8 nitrogen and oxygen atoms in total. The molecule has 0 saturated carbocycles. The summed E-state index contributed by atoms with van der Waals surface area (Å²) in [6, 6.07) is 5.05. The number of ether oxygens (including phenoxy) is 1. The van der Waals surface area contributed by atoms with E-state index >= 15 is 0 Å². The van der Waals surface area contributed by atoms with Crippen LogP contribution in [-0.2, 0) is 19.1 Å². The van der Waals surface area contributed by atoms with Gasteiger partial charge >= 0.3 is 12.0 Å². The number of esters is 1. The first-order valence-corrected chi connectivity index (χ1v) is 9.79. The van der Waals surface area contributed by atoms with Crippen LogP contribution in [-0.4, -0.2) is 47.4 Å². The highest BCUT2D eigenvalue weighted by atomic mass is 16.5. The van der Waals surface area contributed by atoms with Crippen molar-refractivity contribution >= 4 is 23.8 Å². The first kappa shape index (κ1) is 22.4. The number of aryl methyl sites for hydroxylation is 2. The van der Waals surface area contributed by atoms with Gasteiger partial charge in [-0.25, -0.2) is 4.79 Å². The molecule has 2 N–H and O–H groups in total. The van der Waals surface area contributed by atoms with Gasteiger partial charge in [-0.3, -0.25) is 19.3 Å². The fourth-order valence-electron chi connectivity index (χ4n) is 3.27. The van der Waals surface area contributed by atoms with Gasteiger partial charge in [0.25, 0.3) is 11.8 Å². The van der Waals surface area contributed by atoms with Crippen molar-refractivity contribution in [3.63, 3.8) is 0 Å². The molecule has 1 aliphatic heterocycles. The zero-order valence-electron chi connectivity index (χ0n) is 17.6. The normalized spacial score (nSPS) is 16.4. The van der Waals surface area contributed by atoms with Crippen LogP contribution < -0.4 is 10.6 Å². The van der Waals surface area contributed by atoms with Gasteiger partial charge in [-0.05, 0) is 50.3 Å². The van der Waals surface area contributed by atoms with E-state index in [-0.39, 0.29) is 6.04 Å². The summed E-state index contributed by atoms with van der Waals surface area (Å²) in [4.78, 5) is 49.5. The average Bonchev–Trinajstić information content (AvgIpc) is 2.93. The standard InChI is InChI=1S/C21H29N3O5/c1-6-21(7-2)19(27)24(20(28)23-21)11-18(26)29-12-17(25)22-15(5)16-9-8-13(3)14(4)10-16/h8-10,15H,6-7,11-12H2,1-5H3,(H,22,25)(H,23,28)/t15-/m1/s1. The second kappa shape index (κ2) is 9.07. The molecular weight excluding hydrogens is 374 g/mol. The minimum atomic E-state index is -0.976. The molecular formula is C21H29N3O5. The molecule has 0 bridgehead atoms. The van der Waals surface area contributed by atoms with Crippen molar-refractivity contribution in [2.24, 2.45) is 0 Å². The third kappa shape index (κ3) is 4.93. The number of hydrogen-bond acceptors (Lipinski definition) is 5. The third-order valence-corrected chi connectivity index (χ3v) is 5.51. The molecule has 158 valence electrons. The Morgan fingerprint density at radius 2 is 1.83 bits per heavy atom. The minimum Gasteiger partial charge on any atom is -0.454 e. The maximum Gasteiger partial charge on any atom is 0.326 e. The van der Waals surface area contributed by atoms with Gasteiger partial charge < -0.3 is 15.4 Å². The molecule has 0 radical (unpaired) electrons. The van der Waals surface area contributed by atoms with E-state index in [1.54, 1.807) is 13.8 Å². The number of urea groups is 1. The fourth-order valence-corrected chi connectivity index (χ4v) is 3.27. The third-order valence-electron chi connectivity index (χ3n) is 5.51. The van der Waals surface area contributed by atoms with Crippen LogP contribution >= 0.6 is 0 Å². The topological polar surface area (TPSA) is 105 Å². The van der Waals surface area contributed by atoms with Gasteiger partial charge in [0.15, 0.2) is 6.61 Å². The maximum atomic E-state index is 12.5. The molecule has 1 fully saturated rings. The summed E-state index contributed by atoms with van der Waals surface area (Å²) in [5, 5.41) is 5.40. The molecule has 1 aromatic carbocycles. The quantitative estimate of drug-likeness (QED) is 0.511. The van der Waals surface area contributed by atoms with Gasteiger partial charge in [0.1, 0.15) is 12.1 Å². The lowest BCUT2D eigenvalue weighted by Crippen LogP contribution is -2.46. The molecule has 1 heterocycles. The Balaban J connectivity index is 1.85. The molecule has 8 heteroatoms. The van der Waals surface area contributed by atoms with Crippen molar-refractivity contribution in [1.29, 1.82) is 0 Å². The van der Waals surface area contributed by atoms with E-state index in [4.69, 9.17) is 4.74 Å². The van der Waals surface area contributed by atoms with Gasteiger partial charge in [0.2, 0.25) is 0 Å². The highest BCUT2D eigenvalue weighted by molar-refractivity contribution is 6.08. The molecule has 1 saturated heterocycles. The number of nitrogens with zero attached hydrogens (tertiary/aromatic N) is 1. The molecule has 0 aromatic heterocycles. The molecule has 0 aliphatic carbocycles. The first-order valence-electron chi connectivity index (χ1n) is 9.79. The molecule has 1 atom stereocenters. The lowest BCUT2D eigenvalue weighted by molar-refractivity contribution is -0.151. The Morgan fingerprint density at radius 1 is 1.17 bits per heavy atom. The van der Waals surface area contributed by atoms with Crippen molar-refractivity contribution < 1.29 is 23.9 Å². The molecule has 0 unspecified atom stereocenters. The Bertz CT molecular complexity index is 817. The van der Waals surface area contributed by atoms with E-state index < -0.39 is 42.5 Å². The minimum absolute atomic E-state index is 0.249. The smallest absolute Gasteiger partial charge is 0.326 e. The van der Waals surface area contributed by atoms with E-state index in [0.29, 0.717) is 12.8 Å². The van der Waals surface area contributed by atoms with Crippen LogP contribution in [0.4, 0.5) is 4.79 Å². The number of carbonyl (C=O) groups is 4. The Labute approximate surface area is 171 Å². The largest absolute Gasteiger partial charge is 0.454 e. The van der Waals surface area contributed by atoms with E-state index in [1.807, 2.05) is 39.0 Å². The van der Waals surface area contributed by atoms with Crippen LogP contribution in [0.5, 0.6) is 0 Å². The SMILES string of the molecule is CCC1(CC)NC(=O)N(CC(=O)OCC(=O)N[C@H](C)c2ccc(C)c(C)c2)C1=O. The Kier molecular flexibility index (Phi) is 7.00. The van der Waals surface area contributed by atoms with E-state index in [0.717, 1.165) is 21.6 Å². The molecule has 0 spiro atoms. The highest BCUT2D eigenvalue weighted by Gasteiger charge is 2.49. The second-order valence-corrected chi connectivity index (χ2v) is 7.40. The first-order chi connectivity index (χ1) is 13.6. The lowest BCUT2D eigenvalue weighted by atomic mass is 9.93. The predicted octanol–water partition coefficient (Wildman–Crippen LogP) is 2.13. The summed E-state index contributed by atoms with van der Waals surface area (Å²) in [6.07, 6.45) is 0.858. The van der Waals surface area contributed by atoms with Gasteiger partial charge in [0.05, 0.1) is 6.04 Å². The summed E-state index contributed by atoms with van der Waals surface area (Å²) in [7, 11) is 0. The number of benzene rings is 1. The van der Waals surface area contributed by atoms with Gasteiger partial charge in [-0.2, -0.15) is 0 Å². The van der Waals surface area contributed by atoms with Gasteiger partial charge in [-0.15, -0.1) is 0 Å². The van der Waals surface area contributed by atoms with Crippen molar-refractivity contribution in [2.45, 2.75) is 59.0 Å². The van der Waals surface area contributed by atoms with E-state index in [2.05, 4.69) is 10.6 Å². The fraction of sp³-hybridized carbons (Fsp3) is 0.524. The number of amides is 4. The van der Waals surface area contributed by atoms with Crippen molar-refractivity contribution in [2.75, 3.05) is 13.2 Å². The Hall–Kier alpha value is -2.90. The summed E-state index contributed by atoms with van der Waals surface area (Å²) in [5.74, 6) is -1.72. The number of rotatable bonds is 8. The average molecular weight is 403 g/mol. The van der Waals surface area contributed by atoms with Gasteiger partial charge in [0, 0.05) is 0 Å². The Morgan fingerprint density at radius 3 is 2.38 bits per heavy atom. The zero-order chi connectivity index (χ0) is 21.8. The van der Waals surface area contributed by atoms with E-state index in [1.165, 1.54) is 0 Å². The number of hydrogen-bond donors (Lipinski definition) is 2. The predicted molar refractivity (Wildman–Crippen MR) is 107 cm³/mol. The second-order valence-electron chi connectivity index (χ2n) is 7.40. The van der Waals surface area contributed by atoms with Crippen LogP contribution in [0.3, 0.4) is 0 Å². The number of imide groups is 1. The van der Waals surface area contributed by atoms with Gasteiger partial charge in [-0.1, -0.05) is 32.0 Å².